The van der Waals surface area contributed by atoms with Crippen LogP contribution in [0.4, 0.5) is 11.6 Å². The summed E-state index contributed by atoms with van der Waals surface area (Å²) in [6, 6.07) is 0.563. The second kappa shape index (κ2) is 5.74. The monoisotopic (exact) mass is 263 g/mol. The second-order valence-electron chi connectivity index (χ2n) is 5.57. The Hall–Kier alpha value is -1.36. The number of anilines is 2. The zero-order valence-corrected chi connectivity index (χ0v) is 12.7. The van der Waals surface area contributed by atoms with Crippen molar-refractivity contribution in [2.45, 2.75) is 32.7 Å². The minimum Gasteiger partial charge on any atom is -0.373 e. The van der Waals surface area contributed by atoms with Gasteiger partial charge in [-0.05, 0) is 40.8 Å². The Bertz CT molecular complexity index is 444. The number of hydrogen-bond acceptors (Lipinski definition) is 5. The molecule has 2 heterocycles. The first-order valence-corrected chi connectivity index (χ1v) is 6.97. The largest absolute Gasteiger partial charge is 0.373 e. The van der Waals surface area contributed by atoms with E-state index in [0.29, 0.717) is 6.04 Å². The number of rotatable bonds is 4. The van der Waals surface area contributed by atoms with Crippen molar-refractivity contribution in [3.63, 3.8) is 0 Å². The van der Waals surface area contributed by atoms with E-state index in [1.165, 1.54) is 12.8 Å². The molecule has 2 rings (SSSR count). The van der Waals surface area contributed by atoms with Crippen LogP contribution >= 0.6 is 0 Å². The van der Waals surface area contributed by atoms with E-state index >= 15 is 0 Å². The first-order valence-electron chi connectivity index (χ1n) is 6.97. The van der Waals surface area contributed by atoms with E-state index in [-0.39, 0.29) is 0 Å². The summed E-state index contributed by atoms with van der Waals surface area (Å²) in [5.41, 5.74) is 1.15. The van der Waals surface area contributed by atoms with E-state index in [4.69, 9.17) is 0 Å². The van der Waals surface area contributed by atoms with Crippen LogP contribution in [0.1, 0.15) is 24.2 Å². The molecule has 0 amide bonds. The maximum atomic E-state index is 4.68. The molecule has 106 valence electrons. The van der Waals surface area contributed by atoms with Crippen molar-refractivity contribution in [1.29, 1.82) is 0 Å². The molecule has 1 aliphatic rings. The maximum Gasteiger partial charge on any atom is 0.137 e. The predicted molar refractivity (Wildman–Crippen MR) is 80.0 cm³/mol. The van der Waals surface area contributed by atoms with Crippen LogP contribution in [0.3, 0.4) is 0 Å². The third-order valence-corrected chi connectivity index (χ3v) is 3.69. The first-order chi connectivity index (χ1) is 9.02. The average molecular weight is 263 g/mol. The Labute approximate surface area is 116 Å². The average Bonchev–Trinajstić information content (AvgIpc) is 2.78. The molecule has 0 spiro atoms. The molecule has 5 nitrogen and oxygen atoms in total. The van der Waals surface area contributed by atoms with E-state index in [1.54, 1.807) is 0 Å². The van der Waals surface area contributed by atoms with Gasteiger partial charge in [-0.15, -0.1) is 0 Å². The van der Waals surface area contributed by atoms with Gasteiger partial charge in [-0.3, -0.25) is 0 Å². The molecule has 1 aliphatic heterocycles. The molecule has 0 aliphatic carbocycles. The van der Waals surface area contributed by atoms with E-state index in [9.17, 15) is 0 Å². The van der Waals surface area contributed by atoms with Crippen molar-refractivity contribution in [3.05, 3.63) is 11.4 Å². The van der Waals surface area contributed by atoms with Gasteiger partial charge in [-0.1, -0.05) is 0 Å². The molecule has 1 aromatic heterocycles. The van der Waals surface area contributed by atoms with Gasteiger partial charge >= 0.3 is 0 Å². The SMILES string of the molecule is CNc1nc(C)nc(N2CCCC2CN(C)C)c1C. The smallest absolute Gasteiger partial charge is 0.137 e. The van der Waals surface area contributed by atoms with Crippen LogP contribution in [0.5, 0.6) is 0 Å². The van der Waals surface area contributed by atoms with Crippen molar-refractivity contribution in [2.75, 3.05) is 44.4 Å². The molecule has 1 unspecified atom stereocenters. The zero-order chi connectivity index (χ0) is 14.0. The summed E-state index contributed by atoms with van der Waals surface area (Å²) >= 11 is 0. The van der Waals surface area contributed by atoms with Gasteiger partial charge in [0, 0.05) is 31.7 Å². The van der Waals surface area contributed by atoms with Crippen molar-refractivity contribution in [2.24, 2.45) is 0 Å². The highest BCUT2D eigenvalue weighted by atomic mass is 15.3. The lowest BCUT2D eigenvalue weighted by atomic mass is 10.2. The molecule has 1 N–H and O–H groups in total. The molecule has 1 atom stereocenters. The van der Waals surface area contributed by atoms with Gasteiger partial charge in [0.2, 0.25) is 0 Å². The molecule has 19 heavy (non-hydrogen) atoms. The molecule has 0 radical (unpaired) electrons. The third kappa shape index (κ3) is 2.97. The fraction of sp³-hybridized carbons (Fsp3) is 0.714. The third-order valence-electron chi connectivity index (χ3n) is 3.69. The highest BCUT2D eigenvalue weighted by molar-refractivity contribution is 5.59. The van der Waals surface area contributed by atoms with Gasteiger partial charge in [0.25, 0.3) is 0 Å². The normalized spacial score (nSPS) is 19.3. The lowest BCUT2D eigenvalue weighted by Crippen LogP contribution is -2.38. The number of nitrogens with zero attached hydrogens (tertiary/aromatic N) is 4. The van der Waals surface area contributed by atoms with Crippen LogP contribution < -0.4 is 10.2 Å². The van der Waals surface area contributed by atoms with Crippen LogP contribution in [0.15, 0.2) is 0 Å². The summed E-state index contributed by atoms with van der Waals surface area (Å²) in [5, 5.41) is 3.17. The summed E-state index contributed by atoms with van der Waals surface area (Å²) in [6.07, 6.45) is 2.49. The lowest BCUT2D eigenvalue weighted by molar-refractivity contribution is 0.371. The molecule has 0 aromatic carbocycles. The first kappa shape index (κ1) is 14.1. The molecule has 0 bridgehead atoms. The topological polar surface area (TPSA) is 44.3 Å². The highest BCUT2D eigenvalue weighted by Gasteiger charge is 2.28. The van der Waals surface area contributed by atoms with Crippen LogP contribution in [-0.4, -0.2) is 55.1 Å². The van der Waals surface area contributed by atoms with Gasteiger partial charge in [-0.2, -0.15) is 0 Å². The Morgan fingerprint density at radius 1 is 1.32 bits per heavy atom. The second-order valence-corrected chi connectivity index (χ2v) is 5.57. The maximum absolute atomic E-state index is 4.68. The van der Waals surface area contributed by atoms with Gasteiger partial charge in [0.15, 0.2) is 0 Å². The Kier molecular flexibility index (Phi) is 4.24. The van der Waals surface area contributed by atoms with Gasteiger partial charge in [0.1, 0.15) is 17.5 Å². The molecule has 1 saturated heterocycles. The van der Waals surface area contributed by atoms with Crippen molar-refractivity contribution in [3.8, 4) is 0 Å². The van der Waals surface area contributed by atoms with Crippen molar-refractivity contribution >= 4 is 11.6 Å². The molecular formula is C14H25N5. The van der Waals surface area contributed by atoms with E-state index in [2.05, 4.69) is 46.1 Å². The van der Waals surface area contributed by atoms with Gasteiger partial charge < -0.3 is 15.1 Å². The fourth-order valence-electron chi connectivity index (χ4n) is 2.86. The molecule has 5 heteroatoms. The van der Waals surface area contributed by atoms with Crippen molar-refractivity contribution in [1.82, 2.24) is 14.9 Å². The number of hydrogen-bond donors (Lipinski definition) is 1. The fourth-order valence-corrected chi connectivity index (χ4v) is 2.86. The standard InChI is InChI=1S/C14H25N5/c1-10-13(15-3)16-11(2)17-14(10)19-8-6-7-12(19)9-18(4)5/h12H,6-9H2,1-5H3,(H,15,16,17). The van der Waals surface area contributed by atoms with Crippen LogP contribution in [0.25, 0.3) is 0 Å². The lowest BCUT2D eigenvalue weighted by Gasteiger charge is -2.29. The Balaban J connectivity index is 2.32. The predicted octanol–water partition coefficient (Wildman–Crippen LogP) is 1.67. The Morgan fingerprint density at radius 3 is 2.68 bits per heavy atom. The minimum absolute atomic E-state index is 0.563. The van der Waals surface area contributed by atoms with E-state index in [0.717, 1.165) is 36.1 Å². The van der Waals surface area contributed by atoms with Gasteiger partial charge in [0.05, 0.1) is 0 Å². The molecule has 1 fully saturated rings. The van der Waals surface area contributed by atoms with Crippen LogP contribution in [0, 0.1) is 13.8 Å². The summed E-state index contributed by atoms with van der Waals surface area (Å²) in [5.74, 6) is 2.87. The summed E-state index contributed by atoms with van der Waals surface area (Å²) in [7, 11) is 6.18. The Morgan fingerprint density at radius 2 is 2.05 bits per heavy atom. The summed E-state index contributed by atoms with van der Waals surface area (Å²) in [6.45, 7) is 6.24. The van der Waals surface area contributed by atoms with E-state index < -0.39 is 0 Å². The molecule has 0 saturated carbocycles. The summed E-state index contributed by atoms with van der Waals surface area (Å²) < 4.78 is 0. The molecule has 1 aromatic rings. The number of aryl methyl sites for hydroxylation is 1. The number of likely N-dealkylation sites (N-methyl/N-ethyl adjacent to an activating group) is 1. The minimum atomic E-state index is 0.563. The number of aromatic nitrogens is 2. The van der Waals surface area contributed by atoms with Crippen molar-refractivity contribution < 1.29 is 0 Å². The summed E-state index contributed by atoms with van der Waals surface area (Å²) in [4.78, 5) is 13.8. The highest BCUT2D eigenvalue weighted by Crippen LogP contribution is 2.29. The van der Waals surface area contributed by atoms with Crippen LogP contribution in [0.2, 0.25) is 0 Å². The quantitative estimate of drug-likeness (QED) is 0.895. The molecular weight excluding hydrogens is 238 g/mol. The zero-order valence-electron chi connectivity index (χ0n) is 12.7. The van der Waals surface area contributed by atoms with Gasteiger partial charge in [-0.25, -0.2) is 9.97 Å². The number of nitrogens with one attached hydrogen (secondary N) is 1. The van der Waals surface area contributed by atoms with E-state index in [1.807, 2.05) is 14.0 Å². The van der Waals surface area contributed by atoms with Crippen LogP contribution in [-0.2, 0) is 0 Å².